The lowest BCUT2D eigenvalue weighted by Crippen LogP contribution is -2.31. The Morgan fingerprint density at radius 1 is 1.35 bits per heavy atom. The fraction of sp³-hybridized carbons (Fsp3) is 0.444. The quantitative estimate of drug-likeness (QED) is 0.936. The molecule has 23 heavy (non-hydrogen) atoms. The van der Waals surface area contributed by atoms with E-state index in [2.05, 4.69) is 46.4 Å². The molecule has 0 radical (unpaired) electrons. The molecular weight excluding hydrogens is 306 g/mol. The molecule has 1 aliphatic heterocycles. The Hall–Kier alpha value is -1.88. The maximum absolute atomic E-state index is 12.3. The Morgan fingerprint density at radius 3 is 2.83 bits per heavy atom. The molecule has 3 rings (SSSR count). The van der Waals surface area contributed by atoms with Crippen molar-refractivity contribution in [1.29, 1.82) is 0 Å². The molecule has 2 heterocycles. The van der Waals surface area contributed by atoms with Crippen LogP contribution in [0.4, 0.5) is 5.69 Å². The number of aromatic nitrogens is 1. The van der Waals surface area contributed by atoms with Gasteiger partial charge in [0, 0.05) is 30.2 Å². The van der Waals surface area contributed by atoms with Crippen LogP contribution >= 0.6 is 11.3 Å². The summed E-state index contributed by atoms with van der Waals surface area (Å²) in [5.41, 5.74) is 3.21. The van der Waals surface area contributed by atoms with Crippen molar-refractivity contribution in [2.75, 3.05) is 24.5 Å². The third-order valence-electron chi connectivity index (χ3n) is 4.41. The first kappa shape index (κ1) is 16.0. The average molecular weight is 329 g/mol. The second-order valence-corrected chi connectivity index (χ2v) is 7.64. The number of carbonyl (C=O) groups is 1. The molecule has 1 aliphatic rings. The number of nitrogens with one attached hydrogen (secondary N) is 1. The second kappa shape index (κ2) is 6.71. The van der Waals surface area contributed by atoms with E-state index in [0.717, 1.165) is 35.9 Å². The summed E-state index contributed by atoms with van der Waals surface area (Å²) >= 11 is 1.57. The summed E-state index contributed by atoms with van der Waals surface area (Å²) in [5.74, 6) is 0.458. The first-order valence-electron chi connectivity index (χ1n) is 8.07. The molecule has 122 valence electrons. The van der Waals surface area contributed by atoms with Gasteiger partial charge in [-0.1, -0.05) is 18.2 Å². The molecule has 1 N–H and O–H groups in total. The normalized spacial score (nSPS) is 17.5. The summed E-state index contributed by atoms with van der Waals surface area (Å²) < 4.78 is 0. The lowest BCUT2D eigenvalue weighted by atomic mass is 10.1. The van der Waals surface area contributed by atoms with Crippen LogP contribution in [0.3, 0.4) is 0 Å². The van der Waals surface area contributed by atoms with E-state index in [1.54, 1.807) is 11.3 Å². The number of anilines is 1. The Bertz CT molecular complexity index is 710. The van der Waals surface area contributed by atoms with E-state index in [1.165, 1.54) is 11.3 Å². The predicted molar refractivity (Wildman–Crippen MR) is 95.4 cm³/mol. The van der Waals surface area contributed by atoms with Gasteiger partial charge < -0.3 is 10.2 Å². The smallest absolute Gasteiger partial charge is 0.271 e. The van der Waals surface area contributed by atoms with E-state index in [1.807, 2.05) is 13.8 Å². The molecule has 0 aliphatic carbocycles. The molecule has 0 spiro atoms. The number of benzene rings is 1. The van der Waals surface area contributed by atoms with Gasteiger partial charge in [0.1, 0.15) is 5.69 Å². The average Bonchev–Trinajstić information content (AvgIpc) is 3.12. The number of carbonyl (C=O) groups excluding carboxylic acids is 1. The summed E-state index contributed by atoms with van der Waals surface area (Å²) in [6.07, 6.45) is 1.11. The fourth-order valence-corrected chi connectivity index (χ4v) is 4.01. The van der Waals surface area contributed by atoms with E-state index in [9.17, 15) is 4.79 Å². The fourth-order valence-electron chi connectivity index (χ4n) is 3.20. The van der Waals surface area contributed by atoms with Crippen LogP contribution in [0.2, 0.25) is 0 Å². The first-order valence-corrected chi connectivity index (χ1v) is 8.89. The van der Waals surface area contributed by atoms with Crippen molar-refractivity contribution in [3.8, 4) is 0 Å². The maximum Gasteiger partial charge on any atom is 0.271 e. The van der Waals surface area contributed by atoms with Crippen LogP contribution in [-0.2, 0) is 0 Å². The van der Waals surface area contributed by atoms with Crippen molar-refractivity contribution in [3.05, 3.63) is 45.4 Å². The zero-order valence-electron chi connectivity index (χ0n) is 13.9. The second-order valence-electron chi connectivity index (χ2n) is 6.23. The molecule has 1 atom stereocenters. The number of aryl methyl sites for hydroxylation is 3. The van der Waals surface area contributed by atoms with Crippen LogP contribution < -0.4 is 10.2 Å². The third kappa shape index (κ3) is 3.55. The largest absolute Gasteiger partial charge is 0.371 e. The molecule has 0 bridgehead atoms. The van der Waals surface area contributed by atoms with Crippen molar-refractivity contribution < 1.29 is 4.79 Å². The van der Waals surface area contributed by atoms with Gasteiger partial charge in [-0.3, -0.25) is 4.79 Å². The van der Waals surface area contributed by atoms with Gasteiger partial charge in [0.2, 0.25) is 0 Å². The lowest BCUT2D eigenvalue weighted by molar-refractivity contribution is 0.0943. The van der Waals surface area contributed by atoms with Gasteiger partial charge in [0.05, 0.1) is 5.01 Å². The predicted octanol–water partition coefficient (Wildman–Crippen LogP) is 3.32. The van der Waals surface area contributed by atoms with Crippen LogP contribution in [0.1, 0.15) is 32.4 Å². The summed E-state index contributed by atoms with van der Waals surface area (Å²) in [7, 11) is 0. The summed E-state index contributed by atoms with van der Waals surface area (Å²) in [6, 6.07) is 8.49. The number of amides is 1. The SMILES string of the molecule is Cc1nc(C(=O)NC[C@@H]2CCN(c3ccccc3C)C2)c(C)s1. The topological polar surface area (TPSA) is 45.2 Å². The van der Waals surface area contributed by atoms with E-state index >= 15 is 0 Å². The monoisotopic (exact) mass is 329 g/mol. The Kier molecular flexibility index (Phi) is 4.66. The summed E-state index contributed by atoms with van der Waals surface area (Å²) in [5, 5.41) is 4.00. The number of para-hydroxylation sites is 1. The molecule has 5 heteroatoms. The molecule has 2 aromatic rings. The minimum Gasteiger partial charge on any atom is -0.371 e. The highest BCUT2D eigenvalue weighted by Crippen LogP contribution is 2.26. The molecule has 0 saturated carbocycles. The number of rotatable bonds is 4. The molecule has 1 saturated heterocycles. The molecule has 1 fully saturated rings. The van der Waals surface area contributed by atoms with Crippen LogP contribution in [-0.4, -0.2) is 30.5 Å². The molecule has 0 unspecified atom stereocenters. The molecule has 1 aromatic heterocycles. The highest BCUT2D eigenvalue weighted by Gasteiger charge is 2.24. The van der Waals surface area contributed by atoms with Gasteiger partial charge in [-0.2, -0.15) is 0 Å². The highest BCUT2D eigenvalue weighted by atomic mass is 32.1. The van der Waals surface area contributed by atoms with Gasteiger partial charge >= 0.3 is 0 Å². The maximum atomic E-state index is 12.3. The minimum absolute atomic E-state index is 0.0406. The van der Waals surface area contributed by atoms with E-state index in [4.69, 9.17) is 0 Å². The first-order chi connectivity index (χ1) is 11.0. The minimum atomic E-state index is -0.0406. The third-order valence-corrected chi connectivity index (χ3v) is 5.30. The molecule has 1 aromatic carbocycles. The van der Waals surface area contributed by atoms with Gasteiger partial charge in [-0.15, -0.1) is 11.3 Å². The van der Waals surface area contributed by atoms with Crippen molar-refractivity contribution >= 4 is 22.9 Å². The zero-order valence-corrected chi connectivity index (χ0v) is 14.7. The number of hydrogen-bond acceptors (Lipinski definition) is 4. The van der Waals surface area contributed by atoms with Crippen LogP contribution in [0.25, 0.3) is 0 Å². The molecular formula is C18H23N3OS. The standard InChI is InChI=1S/C18H23N3OS/c1-12-6-4-5-7-16(12)21-9-8-15(11-21)10-19-18(22)17-13(2)23-14(3)20-17/h4-7,15H,8-11H2,1-3H3,(H,19,22)/t15-/m0/s1. The van der Waals surface area contributed by atoms with Gasteiger partial charge in [-0.05, 0) is 44.7 Å². The summed E-state index contributed by atoms with van der Waals surface area (Å²) in [6.45, 7) is 8.82. The van der Waals surface area contributed by atoms with Gasteiger partial charge in [0.25, 0.3) is 5.91 Å². The molecule has 1 amide bonds. The van der Waals surface area contributed by atoms with Crippen LogP contribution in [0.15, 0.2) is 24.3 Å². The van der Waals surface area contributed by atoms with Crippen molar-refractivity contribution in [3.63, 3.8) is 0 Å². The van der Waals surface area contributed by atoms with Crippen molar-refractivity contribution in [1.82, 2.24) is 10.3 Å². The van der Waals surface area contributed by atoms with Crippen LogP contribution in [0, 0.1) is 26.7 Å². The lowest BCUT2D eigenvalue weighted by Gasteiger charge is -2.21. The van der Waals surface area contributed by atoms with Crippen molar-refractivity contribution in [2.24, 2.45) is 5.92 Å². The van der Waals surface area contributed by atoms with E-state index in [0.29, 0.717) is 11.6 Å². The van der Waals surface area contributed by atoms with Gasteiger partial charge in [0.15, 0.2) is 0 Å². The summed E-state index contributed by atoms with van der Waals surface area (Å²) in [4.78, 5) is 20.0. The Balaban J connectivity index is 1.55. The zero-order chi connectivity index (χ0) is 16.4. The number of nitrogens with zero attached hydrogens (tertiary/aromatic N) is 2. The van der Waals surface area contributed by atoms with Crippen molar-refractivity contribution in [2.45, 2.75) is 27.2 Å². The molecule has 4 nitrogen and oxygen atoms in total. The number of hydrogen-bond donors (Lipinski definition) is 1. The Morgan fingerprint density at radius 2 is 2.13 bits per heavy atom. The Labute approximate surface area is 141 Å². The number of thiazole rings is 1. The van der Waals surface area contributed by atoms with E-state index in [-0.39, 0.29) is 5.91 Å². The highest BCUT2D eigenvalue weighted by molar-refractivity contribution is 7.11. The van der Waals surface area contributed by atoms with Gasteiger partial charge in [-0.25, -0.2) is 4.98 Å². The van der Waals surface area contributed by atoms with E-state index < -0.39 is 0 Å². The van der Waals surface area contributed by atoms with Crippen LogP contribution in [0.5, 0.6) is 0 Å².